The molecule has 0 aliphatic heterocycles. The average Bonchev–Trinajstić information content (AvgIpc) is 2.39. The van der Waals surface area contributed by atoms with Gasteiger partial charge in [0.1, 0.15) is 0 Å². The molecule has 0 aliphatic carbocycles. The first-order valence-corrected chi connectivity index (χ1v) is 6.77. The highest BCUT2D eigenvalue weighted by Crippen LogP contribution is 2.21. The first-order valence-electron chi connectivity index (χ1n) is 6.77. The molecule has 2 rings (SSSR count). The highest BCUT2D eigenvalue weighted by atomic mass is 15.1. The lowest BCUT2D eigenvalue weighted by Crippen LogP contribution is -2.29. The van der Waals surface area contributed by atoms with E-state index in [0.29, 0.717) is 6.54 Å². The smallest absolute Gasteiger partial charge is 0.0430 e. The summed E-state index contributed by atoms with van der Waals surface area (Å²) >= 11 is 0. The van der Waals surface area contributed by atoms with Crippen LogP contribution in [0.15, 0.2) is 48.5 Å². The number of hydrogen-bond acceptors (Lipinski definition) is 2. The minimum atomic E-state index is 0.667. The zero-order valence-electron chi connectivity index (χ0n) is 11.8. The third-order valence-corrected chi connectivity index (χ3v) is 3.31. The van der Waals surface area contributed by atoms with Crippen LogP contribution < -0.4 is 10.6 Å². The summed E-state index contributed by atoms with van der Waals surface area (Å²) in [5.41, 5.74) is 11.0. The standard InChI is InChI=1S/C17H22N2/c1-14-6-5-8-16(12-14)13-19(11-10-18)17-9-4-3-7-15(17)2/h3-9,12H,10-11,13,18H2,1-2H3. The van der Waals surface area contributed by atoms with Crippen molar-refractivity contribution in [1.82, 2.24) is 0 Å². The summed E-state index contributed by atoms with van der Waals surface area (Å²) in [5, 5.41) is 0. The van der Waals surface area contributed by atoms with Crippen molar-refractivity contribution in [2.24, 2.45) is 5.73 Å². The molecule has 19 heavy (non-hydrogen) atoms. The average molecular weight is 254 g/mol. The highest BCUT2D eigenvalue weighted by Gasteiger charge is 2.08. The molecule has 2 nitrogen and oxygen atoms in total. The van der Waals surface area contributed by atoms with Crippen LogP contribution in [0.1, 0.15) is 16.7 Å². The Kier molecular flexibility index (Phi) is 4.58. The minimum Gasteiger partial charge on any atom is -0.366 e. The molecule has 2 aromatic rings. The van der Waals surface area contributed by atoms with Crippen LogP contribution in [0.5, 0.6) is 0 Å². The Balaban J connectivity index is 2.24. The van der Waals surface area contributed by atoms with E-state index in [1.807, 2.05) is 0 Å². The van der Waals surface area contributed by atoms with Crippen LogP contribution in [0, 0.1) is 13.8 Å². The maximum atomic E-state index is 5.76. The molecule has 2 aromatic carbocycles. The molecule has 0 bridgehead atoms. The van der Waals surface area contributed by atoms with Crippen molar-refractivity contribution >= 4 is 5.69 Å². The Morgan fingerprint density at radius 3 is 2.47 bits per heavy atom. The third-order valence-electron chi connectivity index (χ3n) is 3.31. The van der Waals surface area contributed by atoms with E-state index in [0.717, 1.165) is 13.1 Å². The van der Waals surface area contributed by atoms with Gasteiger partial charge in [0.05, 0.1) is 0 Å². The summed E-state index contributed by atoms with van der Waals surface area (Å²) in [7, 11) is 0. The van der Waals surface area contributed by atoms with Crippen molar-refractivity contribution in [3.8, 4) is 0 Å². The largest absolute Gasteiger partial charge is 0.366 e. The van der Waals surface area contributed by atoms with E-state index in [4.69, 9.17) is 5.73 Å². The van der Waals surface area contributed by atoms with Crippen LogP contribution in [0.4, 0.5) is 5.69 Å². The lowest BCUT2D eigenvalue weighted by molar-refractivity contribution is 0.786. The molecule has 0 spiro atoms. The normalized spacial score (nSPS) is 10.5. The molecular weight excluding hydrogens is 232 g/mol. The lowest BCUT2D eigenvalue weighted by Gasteiger charge is -2.26. The first-order chi connectivity index (χ1) is 9.20. The predicted molar refractivity (Wildman–Crippen MR) is 82.5 cm³/mol. The Bertz CT molecular complexity index is 534. The zero-order valence-corrected chi connectivity index (χ0v) is 11.8. The number of nitrogens with two attached hydrogens (primary N) is 1. The van der Waals surface area contributed by atoms with Crippen LogP contribution in [-0.2, 0) is 6.54 Å². The summed E-state index contributed by atoms with van der Waals surface area (Å²) in [5.74, 6) is 0. The summed E-state index contributed by atoms with van der Waals surface area (Å²) in [4.78, 5) is 2.35. The van der Waals surface area contributed by atoms with Gasteiger partial charge in [-0.3, -0.25) is 0 Å². The van der Waals surface area contributed by atoms with Gasteiger partial charge in [0.25, 0.3) is 0 Å². The molecule has 0 heterocycles. The van der Waals surface area contributed by atoms with Gasteiger partial charge in [-0.1, -0.05) is 48.0 Å². The van der Waals surface area contributed by atoms with Gasteiger partial charge in [-0.05, 0) is 31.0 Å². The van der Waals surface area contributed by atoms with Crippen molar-refractivity contribution in [2.75, 3.05) is 18.0 Å². The summed E-state index contributed by atoms with van der Waals surface area (Å²) in [6, 6.07) is 17.1. The van der Waals surface area contributed by atoms with Gasteiger partial charge in [0.15, 0.2) is 0 Å². The van der Waals surface area contributed by atoms with E-state index < -0.39 is 0 Å². The summed E-state index contributed by atoms with van der Waals surface area (Å²) in [6.45, 7) is 6.72. The molecule has 0 unspecified atom stereocenters. The number of para-hydroxylation sites is 1. The first kappa shape index (κ1) is 13.6. The van der Waals surface area contributed by atoms with Gasteiger partial charge < -0.3 is 10.6 Å². The Morgan fingerprint density at radius 1 is 1.00 bits per heavy atom. The molecule has 2 N–H and O–H groups in total. The fourth-order valence-corrected chi connectivity index (χ4v) is 2.39. The lowest BCUT2D eigenvalue weighted by atomic mass is 10.1. The van der Waals surface area contributed by atoms with Crippen molar-refractivity contribution in [2.45, 2.75) is 20.4 Å². The van der Waals surface area contributed by atoms with E-state index in [1.165, 1.54) is 22.4 Å². The van der Waals surface area contributed by atoms with E-state index in [-0.39, 0.29) is 0 Å². The van der Waals surface area contributed by atoms with Crippen LogP contribution in [-0.4, -0.2) is 13.1 Å². The fraction of sp³-hybridized carbons (Fsp3) is 0.294. The van der Waals surface area contributed by atoms with Crippen molar-refractivity contribution < 1.29 is 0 Å². The number of benzene rings is 2. The van der Waals surface area contributed by atoms with Crippen LogP contribution in [0.3, 0.4) is 0 Å². The molecule has 0 atom stereocenters. The van der Waals surface area contributed by atoms with Crippen molar-refractivity contribution in [1.29, 1.82) is 0 Å². The minimum absolute atomic E-state index is 0.667. The molecule has 100 valence electrons. The molecule has 0 radical (unpaired) electrons. The maximum absolute atomic E-state index is 5.76. The summed E-state index contributed by atoms with van der Waals surface area (Å²) < 4.78 is 0. The monoisotopic (exact) mass is 254 g/mol. The van der Waals surface area contributed by atoms with Gasteiger partial charge in [0, 0.05) is 25.3 Å². The fourth-order valence-electron chi connectivity index (χ4n) is 2.39. The molecule has 0 aromatic heterocycles. The van der Waals surface area contributed by atoms with Gasteiger partial charge in [-0.25, -0.2) is 0 Å². The van der Waals surface area contributed by atoms with Crippen molar-refractivity contribution in [3.63, 3.8) is 0 Å². The number of aryl methyl sites for hydroxylation is 2. The SMILES string of the molecule is Cc1cccc(CN(CCN)c2ccccc2C)c1. The zero-order chi connectivity index (χ0) is 13.7. The predicted octanol–water partition coefficient (Wildman–Crippen LogP) is 3.27. The third kappa shape index (κ3) is 3.58. The highest BCUT2D eigenvalue weighted by molar-refractivity contribution is 5.53. The second-order valence-corrected chi connectivity index (χ2v) is 4.99. The van der Waals surface area contributed by atoms with Crippen LogP contribution >= 0.6 is 0 Å². The second-order valence-electron chi connectivity index (χ2n) is 4.99. The molecule has 0 saturated heterocycles. The molecule has 0 saturated carbocycles. The molecule has 0 aliphatic rings. The van der Waals surface area contributed by atoms with E-state index >= 15 is 0 Å². The molecular formula is C17H22N2. The topological polar surface area (TPSA) is 29.3 Å². The van der Waals surface area contributed by atoms with Crippen LogP contribution in [0.25, 0.3) is 0 Å². The van der Waals surface area contributed by atoms with E-state index in [1.54, 1.807) is 0 Å². The maximum Gasteiger partial charge on any atom is 0.0430 e. The quantitative estimate of drug-likeness (QED) is 0.887. The van der Waals surface area contributed by atoms with Gasteiger partial charge in [0.2, 0.25) is 0 Å². The number of hydrogen-bond donors (Lipinski definition) is 1. The van der Waals surface area contributed by atoms with E-state index in [2.05, 4.69) is 67.3 Å². The second kappa shape index (κ2) is 6.39. The van der Waals surface area contributed by atoms with Gasteiger partial charge >= 0.3 is 0 Å². The summed E-state index contributed by atoms with van der Waals surface area (Å²) in [6.07, 6.45) is 0. The number of nitrogens with zero attached hydrogens (tertiary/aromatic N) is 1. The molecule has 2 heteroatoms. The van der Waals surface area contributed by atoms with E-state index in [9.17, 15) is 0 Å². The van der Waals surface area contributed by atoms with Gasteiger partial charge in [-0.15, -0.1) is 0 Å². The van der Waals surface area contributed by atoms with Crippen LogP contribution in [0.2, 0.25) is 0 Å². The number of rotatable bonds is 5. The Labute approximate surface area is 115 Å². The van der Waals surface area contributed by atoms with Gasteiger partial charge in [-0.2, -0.15) is 0 Å². The Morgan fingerprint density at radius 2 is 1.79 bits per heavy atom. The molecule has 0 amide bonds. The molecule has 0 fully saturated rings. The number of anilines is 1. The van der Waals surface area contributed by atoms with Crippen molar-refractivity contribution in [3.05, 3.63) is 65.2 Å². The Hall–Kier alpha value is -1.80.